The zero-order valence-corrected chi connectivity index (χ0v) is 23.1. The maximum absolute atomic E-state index is 13.1. The van der Waals surface area contributed by atoms with Crippen molar-refractivity contribution in [2.45, 2.75) is 44.9 Å². The molecule has 1 N–H and O–H groups in total. The molecule has 42 heavy (non-hydrogen) atoms. The maximum atomic E-state index is 13.1. The van der Waals surface area contributed by atoms with Crippen molar-refractivity contribution in [2.75, 3.05) is 13.7 Å². The Kier molecular flexibility index (Phi) is 9.72. The Morgan fingerprint density at radius 1 is 1.02 bits per heavy atom. The highest BCUT2D eigenvalue weighted by molar-refractivity contribution is 5.97. The number of benzene rings is 3. The van der Waals surface area contributed by atoms with E-state index in [1.54, 1.807) is 18.2 Å². The molecule has 3 aromatic carbocycles. The van der Waals surface area contributed by atoms with Gasteiger partial charge in [-0.25, -0.2) is 9.59 Å². The van der Waals surface area contributed by atoms with Crippen LogP contribution < -0.4 is 10.1 Å². The first-order chi connectivity index (χ1) is 20.1. The van der Waals surface area contributed by atoms with Gasteiger partial charge in [-0.05, 0) is 60.2 Å². The Bertz CT molecular complexity index is 1400. The van der Waals surface area contributed by atoms with Gasteiger partial charge in [0.1, 0.15) is 18.4 Å². The van der Waals surface area contributed by atoms with Crippen LogP contribution in [0.2, 0.25) is 0 Å². The summed E-state index contributed by atoms with van der Waals surface area (Å²) < 4.78 is 48.9. The summed E-state index contributed by atoms with van der Waals surface area (Å²) in [5.41, 5.74) is 1.55. The number of carbonyl (C=O) groups is 3. The minimum absolute atomic E-state index is 0.00431. The number of rotatable bonds is 11. The van der Waals surface area contributed by atoms with E-state index in [1.807, 2.05) is 37.3 Å². The van der Waals surface area contributed by atoms with E-state index in [-0.39, 0.29) is 25.1 Å². The van der Waals surface area contributed by atoms with Gasteiger partial charge in [0.15, 0.2) is 0 Å². The van der Waals surface area contributed by atoms with Gasteiger partial charge in [0.25, 0.3) is 5.91 Å². The Hall–Kier alpha value is -4.54. The molecule has 1 fully saturated rings. The van der Waals surface area contributed by atoms with Crippen molar-refractivity contribution >= 4 is 18.0 Å². The van der Waals surface area contributed by atoms with Crippen LogP contribution in [0.5, 0.6) is 5.75 Å². The predicted molar refractivity (Wildman–Crippen MR) is 146 cm³/mol. The summed E-state index contributed by atoms with van der Waals surface area (Å²) in [6.45, 7) is 1.92. The molecule has 1 heterocycles. The fourth-order valence-corrected chi connectivity index (χ4v) is 4.59. The fourth-order valence-electron chi connectivity index (χ4n) is 4.59. The van der Waals surface area contributed by atoms with Crippen molar-refractivity contribution in [2.24, 2.45) is 5.92 Å². The molecule has 0 aliphatic carbocycles. The third-order valence-corrected chi connectivity index (χ3v) is 6.96. The first-order valence-electron chi connectivity index (χ1n) is 13.4. The van der Waals surface area contributed by atoms with Crippen molar-refractivity contribution in [1.82, 2.24) is 10.4 Å². The first kappa shape index (κ1) is 30.4. The summed E-state index contributed by atoms with van der Waals surface area (Å²) in [4.78, 5) is 43.9. The van der Waals surface area contributed by atoms with E-state index in [4.69, 9.17) is 14.3 Å². The third-order valence-electron chi connectivity index (χ3n) is 6.96. The number of alkyl halides is 3. The van der Waals surface area contributed by atoms with Crippen molar-refractivity contribution in [3.05, 3.63) is 101 Å². The Morgan fingerprint density at radius 3 is 2.36 bits per heavy atom. The molecular formula is C31H31F3N2O6. The van der Waals surface area contributed by atoms with E-state index >= 15 is 0 Å². The molecule has 0 aromatic heterocycles. The summed E-state index contributed by atoms with van der Waals surface area (Å²) in [6.07, 6.45) is -4.08. The molecule has 1 aliphatic heterocycles. The van der Waals surface area contributed by atoms with Crippen LogP contribution >= 0.6 is 0 Å². The second-order valence-electron chi connectivity index (χ2n) is 9.88. The summed E-state index contributed by atoms with van der Waals surface area (Å²) in [5, 5.41) is 3.69. The van der Waals surface area contributed by atoms with Crippen LogP contribution in [0, 0.1) is 5.92 Å². The highest BCUT2D eigenvalue weighted by Gasteiger charge is 2.38. The van der Waals surface area contributed by atoms with Crippen molar-refractivity contribution in [3.8, 4) is 5.75 Å². The molecule has 222 valence electrons. The molecule has 11 heteroatoms. The lowest BCUT2D eigenvalue weighted by molar-refractivity contribution is -0.186. The largest absolute Gasteiger partial charge is 0.496 e. The summed E-state index contributed by atoms with van der Waals surface area (Å²) >= 11 is 0. The number of hydrogen-bond donors (Lipinski definition) is 1. The van der Waals surface area contributed by atoms with Crippen LogP contribution in [0.25, 0.3) is 0 Å². The molecular weight excluding hydrogens is 553 g/mol. The maximum Gasteiger partial charge on any atom is 0.443 e. The Balaban J connectivity index is 1.41. The molecule has 0 spiro atoms. The SMILES string of the molecule is CC[C@@H](Cc1ccc(OC)c(C(=O)NCc2ccc(C(F)(F)F)cc2)c1)C(=O)ON1C(=O)OC[C@@H]1Cc1ccccc1. The normalized spacial score (nSPS) is 15.6. The van der Waals surface area contributed by atoms with E-state index in [0.29, 0.717) is 29.7 Å². The van der Waals surface area contributed by atoms with Crippen LogP contribution in [-0.2, 0) is 39.9 Å². The van der Waals surface area contributed by atoms with Crippen LogP contribution in [-0.4, -0.2) is 42.8 Å². The highest BCUT2D eigenvalue weighted by atomic mass is 19.4. The summed E-state index contributed by atoms with van der Waals surface area (Å²) in [5.74, 6) is -1.42. The molecule has 4 rings (SSSR count). The van der Waals surface area contributed by atoms with Gasteiger partial charge in [0.05, 0.1) is 24.2 Å². The zero-order valence-electron chi connectivity index (χ0n) is 23.1. The number of amides is 2. The second kappa shape index (κ2) is 13.4. The quantitative estimate of drug-likeness (QED) is 0.309. The van der Waals surface area contributed by atoms with Gasteiger partial charge in [0.2, 0.25) is 0 Å². The van der Waals surface area contributed by atoms with Gasteiger partial charge in [-0.3, -0.25) is 4.79 Å². The number of methoxy groups -OCH3 is 1. The average Bonchev–Trinajstić information content (AvgIpc) is 3.32. The van der Waals surface area contributed by atoms with Crippen molar-refractivity contribution < 1.29 is 41.9 Å². The number of cyclic esters (lactones) is 1. The highest BCUT2D eigenvalue weighted by Crippen LogP contribution is 2.29. The molecule has 3 aromatic rings. The molecule has 2 amide bonds. The lowest BCUT2D eigenvalue weighted by atomic mass is 9.95. The number of ether oxygens (including phenoxy) is 2. The van der Waals surface area contributed by atoms with E-state index in [0.717, 1.165) is 22.8 Å². The minimum atomic E-state index is -4.44. The topological polar surface area (TPSA) is 94.2 Å². The molecule has 0 radical (unpaired) electrons. The number of nitrogens with one attached hydrogen (secondary N) is 1. The summed E-state index contributed by atoms with van der Waals surface area (Å²) in [6, 6.07) is 18.5. The zero-order chi connectivity index (χ0) is 30.3. The number of nitrogens with zero attached hydrogens (tertiary/aromatic N) is 1. The van der Waals surface area contributed by atoms with Crippen LogP contribution in [0.4, 0.5) is 18.0 Å². The number of halogens is 3. The van der Waals surface area contributed by atoms with E-state index in [2.05, 4.69) is 5.32 Å². The van der Waals surface area contributed by atoms with Gasteiger partial charge >= 0.3 is 18.2 Å². The molecule has 0 unspecified atom stereocenters. The standard InChI is InChI=1S/C31H31F3N2O6/c1-3-23(29(38)42-36-25(19-41-30(36)39)16-20-7-5-4-6-8-20)15-22-11-14-27(40-2)26(17-22)28(37)35-18-21-9-12-24(13-10-21)31(32,33)34/h4-14,17,23,25H,3,15-16,18-19H2,1-2H3,(H,35,37)/t23-,25-/m0/s1. The second-order valence-corrected chi connectivity index (χ2v) is 9.88. The fraction of sp³-hybridized carbons (Fsp3) is 0.323. The molecule has 8 nitrogen and oxygen atoms in total. The Labute approximate surface area is 241 Å². The number of hydroxylamine groups is 2. The van der Waals surface area contributed by atoms with E-state index < -0.39 is 41.7 Å². The van der Waals surface area contributed by atoms with Crippen LogP contribution in [0.15, 0.2) is 72.8 Å². The van der Waals surface area contributed by atoms with Gasteiger partial charge in [0, 0.05) is 6.54 Å². The van der Waals surface area contributed by atoms with Gasteiger partial charge in [-0.2, -0.15) is 13.2 Å². The lowest BCUT2D eigenvalue weighted by Gasteiger charge is -2.23. The molecule has 0 saturated carbocycles. The predicted octanol–water partition coefficient (Wildman–Crippen LogP) is 5.73. The van der Waals surface area contributed by atoms with E-state index in [9.17, 15) is 27.6 Å². The minimum Gasteiger partial charge on any atom is -0.496 e. The average molecular weight is 585 g/mol. The first-order valence-corrected chi connectivity index (χ1v) is 13.4. The number of hydrogen-bond acceptors (Lipinski definition) is 6. The number of carbonyl (C=O) groups excluding carboxylic acids is 3. The lowest BCUT2D eigenvalue weighted by Crippen LogP contribution is -2.39. The molecule has 1 saturated heterocycles. The summed E-state index contributed by atoms with van der Waals surface area (Å²) in [7, 11) is 1.41. The smallest absolute Gasteiger partial charge is 0.443 e. The molecule has 2 atom stereocenters. The van der Waals surface area contributed by atoms with Crippen molar-refractivity contribution in [3.63, 3.8) is 0 Å². The van der Waals surface area contributed by atoms with Crippen molar-refractivity contribution in [1.29, 1.82) is 0 Å². The van der Waals surface area contributed by atoms with Crippen LogP contribution in [0.3, 0.4) is 0 Å². The Morgan fingerprint density at radius 2 is 1.71 bits per heavy atom. The third kappa shape index (κ3) is 7.59. The van der Waals surface area contributed by atoms with Gasteiger partial charge in [-0.1, -0.05) is 55.5 Å². The molecule has 0 bridgehead atoms. The van der Waals surface area contributed by atoms with Crippen LogP contribution in [0.1, 0.15) is 46.0 Å². The van der Waals surface area contributed by atoms with E-state index in [1.165, 1.54) is 19.2 Å². The monoisotopic (exact) mass is 584 g/mol. The van der Waals surface area contributed by atoms with Gasteiger partial charge in [-0.15, -0.1) is 5.06 Å². The van der Waals surface area contributed by atoms with Gasteiger partial charge < -0.3 is 19.6 Å². The molecule has 1 aliphatic rings.